The number of aromatic nitrogens is 2. The summed E-state index contributed by atoms with van der Waals surface area (Å²) >= 11 is 4.57. The summed E-state index contributed by atoms with van der Waals surface area (Å²) in [7, 11) is 0. The Morgan fingerprint density at radius 2 is 0.842 bits per heavy atom. The van der Waals surface area contributed by atoms with Gasteiger partial charge >= 0.3 is 0 Å². The third-order valence-electron chi connectivity index (χ3n) is 15.2. The molecule has 11 aromatic carbocycles. The molecule has 0 N–H and O–H groups in total. The number of thiophene rings is 3. The summed E-state index contributed by atoms with van der Waals surface area (Å²) < 4.78 is 112. The first kappa shape index (κ1) is 33.3. The maximum atomic E-state index is 12.6. The standard InChI is InChI=1S/C68H34N4OS3/c1-70-58-56(37-16-4-2-5-17-37)51(36-69)59(71-60-43(28-32-47-39-20-8-12-24-52(39)73-65(47)60)44-29-33-48-40-21-9-13-25-53(40)74-66(48)61(44)71)57(38-18-6-3-7-19-38)64(58)72-62-45(30-34-49-41-22-10-14-26-54(41)75-67(49)62)46-31-35-50-42-23-11-15-27-55(42)76-68(50)63(46)72/h2-35H/i2D,3D,4D,5D,6D,7D,16D,17D,18D,19D. The smallest absolute Gasteiger partial charge is 0.220 e. The summed E-state index contributed by atoms with van der Waals surface area (Å²) in [6, 6.07) is 43.6. The molecule has 0 bridgehead atoms. The van der Waals surface area contributed by atoms with E-state index in [4.69, 9.17) is 7.16 Å². The highest BCUT2D eigenvalue weighted by Gasteiger charge is 2.34. The van der Waals surface area contributed by atoms with Crippen LogP contribution in [0.2, 0.25) is 0 Å². The summed E-state index contributed by atoms with van der Waals surface area (Å²) in [4.78, 5) is 4.42. The van der Waals surface area contributed by atoms with Crippen molar-refractivity contribution in [2.45, 2.75) is 0 Å². The maximum Gasteiger partial charge on any atom is 0.220 e. The molecule has 8 heteroatoms. The lowest BCUT2D eigenvalue weighted by molar-refractivity contribution is 0.671. The fraction of sp³-hybridized carbons (Fsp3) is 0. The summed E-state index contributed by atoms with van der Waals surface area (Å²) in [6.07, 6.45) is 0. The van der Waals surface area contributed by atoms with Crippen LogP contribution in [0.25, 0.3) is 165 Å². The van der Waals surface area contributed by atoms with Crippen molar-refractivity contribution in [3.05, 3.63) is 223 Å². The third kappa shape index (κ3) is 5.44. The number of fused-ring (bicyclic) bond motifs is 22. The maximum absolute atomic E-state index is 12.6. The zero-order chi connectivity index (χ0) is 58.6. The molecular formula is C68H34N4OS3. The van der Waals surface area contributed by atoms with Crippen molar-refractivity contribution >= 4 is 166 Å². The highest BCUT2D eigenvalue weighted by molar-refractivity contribution is 7.27. The summed E-state index contributed by atoms with van der Waals surface area (Å²) in [6.45, 7) is 9.73. The third-order valence-corrected chi connectivity index (χ3v) is 18.7. The van der Waals surface area contributed by atoms with Crippen LogP contribution >= 0.6 is 34.0 Å². The van der Waals surface area contributed by atoms with Gasteiger partial charge in [0.1, 0.15) is 11.7 Å². The van der Waals surface area contributed by atoms with E-state index in [0.29, 0.717) is 49.4 Å². The molecular weight excluding hydrogens is 985 g/mol. The van der Waals surface area contributed by atoms with Crippen LogP contribution in [0.3, 0.4) is 0 Å². The SMILES string of the molecule is [2H]c1c([2H])c([2H])c(-c2c(C#N)c(-n3c4c(ccc5c6ccccc6oc54)c4ccc5c6ccccc6sc5c43)c(-c3c([2H])c([2H])c([2H])c([2H])c3[2H])c(-n3c4c(ccc5c6ccccc6sc54)c4ccc5c6ccccc6sc5c43)c2[N+]#[C-])c([2H])c1[2H]. The number of hydrogen-bond acceptors (Lipinski definition) is 5. The molecule has 76 heavy (non-hydrogen) atoms. The normalized spacial score (nSPS) is 14.0. The lowest BCUT2D eigenvalue weighted by Crippen LogP contribution is -2.09. The molecule has 0 spiro atoms. The molecule has 6 heterocycles. The zero-order valence-electron chi connectivity index (χ0n) is 49.3. The number of furan rings is 1. The molecule has 0 amide bonds. The summed E-state index contributed by atoms with van der Waals surface area (Å²) in [5.74, 6) is 0. The van der Waals surface area contributed by atoms with Crippen molar-refractivity contribution < 1.29 is 18.1 Å². The van der Waals surface area contributed by atoms with Gasteiger partial charge in [0.05, 0.1) is 73.4 Å². The quantitative estimate of drug-likeness (QED) is 0.165. The molecule has 350 valence electrons. The van der Waals surface area contributed by atoms with E-state index in [0.717, 1.165) is 76.7 Å². The van der Waals surface area contributed by atoms with Gasteiger partial charge in [-0.05, 0) is 41.5 Å². The predicted molar refractivity (Wildman–Crippen MR) is 323 cm³/mol. The summed E-state index contributed by atoms with van der Waals surface area (Å²) in [5, 5.41) is 22.4. The molecule has 6 aromatic heterocycles. The average Bonchev–Trinajstić information content (AvgIpc) is 1.45. The van der Waals surface area contributed by atoms with E-state index in [-0.39, 0.29) is 39.3 Å². The van der Waals surface area contributed by atoms with E-state index in [9.17, 15) is 22.8 Å². The Balaban J connectivity index is 1.25. The molecule has 0 saturated carbocycles. The van der Waals surface area contributed by atoms with Gasteiger partial charge < -0.3 is 13.6 Å². The molecule has 0 aliphatic rings. The van der Waals surface area contributed by atoms with E-state index < -0.39 is 66.0 Å². The van der Waals surface area contributed by atoms with Crippen molar-refractivity contribution in [1.29, 1.82) is 5.26 Å². The molecule has 0 aliphatic carbocycles. The van der Waals surface area contributed by atoms with Gasteiger partial charge in [-0.1, -0.05) is 176 Å². The lowest BCUT2D eigenvalue weighted by Gasteiger charge is -2.26. The Morgan fingerprint density at radius 1 is 0.434 bits per heavy atom. The molecule has 0 aliphatic heterocycles. The van der Waals surface area contributed by atoms with Gasteiger partial charge in [-0.15, -0.1) is 34.0 Å². The number of nitriles is 1. The van der Waals surface area contributed by atoms with Crippen LogP contribution < -0.4 is 0 Å². The molecule has 5 nitrogen and oxygen atoms in total. The molecule has 0 fully saturated rings. The number of benzene rings is 11. The Morgan fingerprint density at radius 3 is 1.33 bits per heavy atom. The van der Waals surface area contributed by atoms with Crippen LogP contribution in [0.5, 0.6) is 0 Å². The Bertz CT molecular complexity index is 5540. The van der Waals surface area contributed by atoms with Gasteiger partial charge in [-0.25, -0.2) is 4.85 Å². The van der Waals surface area contributed by atoms with Crippen molar-refractivity contribution in [2.75, 3.05) is 0 Å². The van der Waals surface area contributed by atoms with E-state index >= 15 is 0 Å². The first-order chi connectivity index (χ1) is 41.8. The predicted octanol–water partition coefficient (Wildman–Crippen LogP) is 20.6. The van der Waals surface area contributed by atoms with Crippen molar-refractivity contribution in [2.24, 2.45) is 0 Å². The van der Waals surface area contributed by atoms with Crippen LogP contribution in [-0.4, -0.2) is 9.13 Å². The van der Waals surface area contributed by atoms with Gasteiger partial charge in [0.25, 0.3) is 0 Å². The van der Waals surface area contributed by atoms with Crippen LogP contribution in [0.15, 0.2) is 210 Å². The first-order valence-corrected chi connectivity index (χ1v) is 26.8. The zero-order valence-corrected chi connectivity index (χ0v) is 41.7. The summed E-state index contributed by atoms with van der Waals surface area (Å²) in [5.41, 5.74) is 1.09. The second kappa shape index (κ2) is 15.5. The minimum Gasteiger partial charge on any atom is -0.454 e. The van der Waals surface area contributed by atoms with Gasteiger partial charge in [0, 0.05) is 89.9 Å². The Labute approximate surface area is 458 Å². The fourth-order valence-corrected chi connectivity index (χ4v) is 15.8. The van der Waals surface area contributed by atoms with Crippen LogP contribution in [0.4, 0.5) is 5.69 Å². The Kier molecular flexibility index (Phi) is 6.79. The van der Waals surface area contributed by atoms with Crippen molar-refractivity contribution in [1.82, 2.24) is 9.13 Å². The van der Waals surface area contributed by atoms with E-state index in [1.807, 2.05) is 137 Å². The number of nitrogens with zero attached hydrogens (tertiary/aromatic N) is 4. The first-order valence-electron chi connectivity index (χ1n) is 29.3. The largest absolute Gasteiger partial charge is 0.454 e. The molecule has 0 atom stereocenters. The van der Waals surface area contributed by atoms with E-state index in [1.165, 1.54) is 34.0 Å². The number of para-hydroxylation sites is 1. The van der Waals surface area contributed by atoms with E-state index in [2.05, 4.69) is 29.1 Å². The monoisotopic (exact) mass is 1030 g/mol. The van der Waals surface area contributed by atoms with Gasteiger partial charge in [-0.2, -0.15) is 5.26 Å². The van der Waals surface area contributed by atoms with Crippen molar-refractivity contribution in [3.8, 4) is 39.7 Å². The molecule has 17 rings (SSSR count). The molecule has 0 saturated heterocycles. The molecule has 0 radical (unpaired) electrons. The van der Waals surface area contributed by atoms with Crippen molar-refractivity contribution in [3.63, 3.8) is 0 Å². The highest BCUT2D eigenvalue weighted by Crippen LogP contribution is 2.56. The van der Waals surface area contributed by atoms with Gasteiger partial charge in [-0.3, -0.25) is 0 Å². The number of rotatable bonds is 4. The van der Waals surface area contributed by atoms with Crippen LogP contribution in [-0.2, 0) is 0 Å². The average molecular weight is 1030 g/mol. The molecule has 0 unspecified atom stereocenters. The topological polar surface area (TPSA) is 51.1 Å². The fourth-order valence-electron chi connectivity index (χ4n) is 12.1. The second-order valence-electron chi connectivity index (χ2n) is 18.8. The van der Waals surface area contributed by atoms with Crippen LogP contribution in [0, 0.1) is 17.9 Å². The second-order valence-corrected chi connectivity index (χ2v) is 22.0. The van der Waals surface area contributed by atoms with Gasteiger partial charge in [0.2, 0.25) is 5.69 Å². The Hall–Kier alpha value is -9.54. The van der Waals surface area contributed by atoms with Gasteiger partial charge in [0.15, 0.2) is 5.58 Å². The highest BCUT2D eigenvalue weighted by atomic mass is 32.1. The lowest BCUT2D eigenvalue weighted by atomic mass is 9.88. The van der Waals surface area contributed by atoms with Crippen LogP contribution in [0.1, 0.15) is 19.3 Å². The minimum absolute atomic E-state index is 0.0421. The van der Waals surface area contributed by atoms with E-state index in [1.54, 1.807) is 0 Å². The number of hydrogen-bond donors (Lipinski definition) is 0. The molecule has 17 aromatic rings. The minimum atomic E-state index is -0.706.